The fourth-order valence-corrected chi connectivity index (χ4v) is 5.32. The molecule has 0 radical (unpaired) electrons. The fourth-order valence-electron chi connectivity index (χ4n) is 5.32. The zero-order valence-corrected chi connectivity index (χ0v) is 27.7. The molecule has 0 bridgehead atoms. The molecule has 0 saturated carbocycles. The zero-order valence-electron chi connectivity index (χ0n) is 25.4. The number of hydrogen-bond donors (Lipinski definition) is 1. The molecule has 6 rings (SSSR count). The van der Waals surface area contributed by atoms with Crippen molar-refractivity contribution < 1.29 is 26.2 Å². The van der Waals surface area contributed by atoms with E-state index in [4.69, 9.17) is 9.97 Å². The van der Waals surface area contributed by atoms with Crippen LogP contribution in [0.3, 0.4) is 0 Å². The molecule has 0 saturated heterocycles. The van der Waals surface area contributed by atoms with Crippen LogP contribution in [0.25, 0.3) is 50.5 Å². The second-order valence-electron chi connectivity index (χ2n) is 12.9. The minimum absolute atomic E-state index is 0. The topological polar surface area (TPSA) is 50.9 Å². The van der Waals surface area contributed by atoms with Crippen LogP contribution in [-0.4, -0.2) is 19.6 Å². The van der Waals surface area contributed by atoms with Crippen molar-refractivity contribution in [2.24, 2.45) is 0 Å². The summed E-state index contributed by atoms with van der Waals surface area (Å²) < 4.78 is 2.15. The second-order valence-corrected chi connectivity index (χ2v) is 12.9. The summed E-state index contributed by atoms with van der Waals surface area (Å²) in [5.41, 5.74) is 9.63. The molecule has 0 aliphatic rings. The van der Waals surface area contributed by atoms with Gasteiger partial charge in [0.1, 0.15) is 11.6 Å². The Morgan fingerprint density at radius 1 is 0.674 bits per heavy atom. The van der Waals surface area contributed by atoms with Crippen LogP contribution < -0.4 is 0 Å². The van der Waals surface area contributed by atoms with Crippen molar-refractivity contribution in [1.82, 2.24) is 14.5 Å². The van der Waals surface area contributed by atoms with Crippen LogP contribution >= 0.6 is 0 Å². The van der Waals surface area contributed by atoms with Crippen molar-refractivity contribution in [1.29, 1.82) is 0 Å². The largest absolute Gasteiger partial charge is 0.507 e. The number of rotatable bonds is 4. The molecular weight excluding hydrogens is 710 g/mol. The molecule has 0 aliphatic heterocycles. The Balaban J connectivity index is 0.00000368. The Morgan fingerprint density at radius 3 is 2.05 bits per heavy atom. The van der Waals surface area contributed by atoms with Gasteiger partial charge in [0.2, 0.25) is 0 Å². The van der Waals surface area contributed by atoms with Gasteiger partial charge in [-0.1, -0.05) is 95.1 Å². The third-order valence-corrected chi connectivity index (χ3v) is 7.77. The van der Waals surface area contributed by atoms with Crippen molar-refractivity contribution in [3.05, 3.63) is 120 Å². The van der Waals surface area contributed by atoms with Crippen molar-refractivity contribution >= 4 is 11.0 Å². The quantitative estimate of drug-likeness (QED) is 0.183. The molecule has 0 unspecified atom stereocenters. The Labute approximate surface area is 268 Å². The van der Waals surface area contributed by atoms with Crippen molar-refractivity contribution in [3.63, 3.8) is 0 Å². The van der Waals surface area contributed by atoms with Crippen LogP contribution in [0, 0.1) is 6.07 Å². The number of phenols is 1. The average Bonchev–Trinajstić information content (AvgIpc) is 3.36. The number of para-hydroxylation sites is 2. The Kier molecular flexibility index (Phi) is 8.20. The summed E-state index contributed by atoms with van der Waals surface area (Å²) in [6, 6.07) is 36.3. The maximum Gasteiger partial charge on any atom is 0.148 e. The molecule has 0 fully saturated rings. The predicted octanol–water partition coefficient (Wildman–Crippen LogP) is 9.52. The summed E-state index contributed by atoms with van der Waals surface area (Å²) in [5, 5.41) is 10.9. The molecule has 0 aliphatic carbocycles. The molecule has 2 heterocycles. The van der Waals surface area contributed by atoms with Crippen molar-refractivity contribution in [2.75, 3.05) is 0 Å². The summed E-state index contributed by atoms with van der Waals surface area (Å²) in [6.07, 6.45) is 1.88. The molecule has 4 aromatic carbocycles. The van der Waals surface area contributed by atoms with Gasteiger partial charge in [0.05, 0.1) is 16.6 Å². The Bertz CT molecular complexity index is 1910. The van der Waals surface area contributed by atoms with E-state index in [1.807, 2.05) is 42.6 Å². The minimum atomic E-state index is -0.107. The summed E-state index contributed by atoms with van der Waals surface area (Å²) in [7, 11) is 0. The number of nitrogens with zero attached hydrogens (tertiary/aromatic N) is 3. The molecule has 43 heavy (non-hydrogen) atoms. The third kappa shape index (κ3) is 5.94. The first-order valence-electron chi connectivity index (χ1n) is 14.4. The number of aromatic hydroxyl groups is 1. The van der Waals surface area contributed by atoms with Gasteiger partial charge in [0, 0.05) is 38.6 Å². The monoisotopic (exact) mass is 745 g/mol. The molecule has 5 heteroatoms. The smallest absolute Gasteiger partial charge is 0.148 e. The average molecular weight is 746 g/mol. The van der Waals surface area contributed by atoms with E-state index >= 15 is 0 Å². The predicted molar refractivity (Wildman–Crippen MR) is 173 cm³/mol. The van der Waals surface area contributed by atoms with Gasteiger partial charge in [-0.2, -0.15) is 0 Å². The van der Waals surface area contributed by atoms with Gasteiger partial charge >= 0.3 is 0 Å². The molecule has 0 atom stereocenters. The first kappa shape index (κ1) is 30.4. The maximum atomic E-state index is 10.9. The molecule has 4 nitrogen and oxygen atoms in total. The van der Waals surface area contributed by atoms with E-state index in [2.05, 4.69) is 107 Å². The van der Waals surface area contributed by atoms with Crippen LogP contribution in [0.1, 0.15) is 52.7 Å². The first-order chi connectivity index (χ1) is 20.0. The summed E-state index contributed by atoms with van der Waals surface area (Å²) in [5.74, 6) is 0.887. The third-order valence-electron chi connectivity index (χ3n) is 7.77. The Morgan fingerprint density at radius 2 is 1.35 bits per heavy atom. The number of aromatic nitrogens is 3. The molecule has 2 aromatic heterocycles. The van der Waals surface area contributed by atoms with Crippen LogP contribution in [0.2, 0.25) is 0 Å². The van der Waals surface area contributed by atoms with Crippen molar-refractivity contribution in [3.8, 4) is 45.2 Å². The number of pyridine rings is 1. The van der Waals surface area contributed by atoms with Gasteiger partial charge in [-0.3, -0.25) is 9.55 Å². The second kappa shape index (κ2) is 11.6. The number of phenolic OH excluding ortho intramolecular Hbond substituents is 1. The van der Waals surface area contributed by atoms with Gasteiger partial charge in [-0.15, -0.1) is 29.8 Å². The van der Waals surface area contributed by atoms with Gasteiger partial charge in [-0.25, -0.2) is 4.98 Å². The first-order valence-corrected chi connectivity index (χ1v) is 14.4. The van der Waals surface area contributed by atoms with Gasteiger partial charge in [0.15, 0.2) is 0 Å². The van der Waals surface area contributed by atoms with E-state index in [1.54, 1.807) is 6.07 Å². The molecule has 0 spiro atoms. The fraction of sp³-hybridized carbons (Fsp3) is 0.211. The molecule has 1 N–H and O–H groups in total. The van der Waals surface area contributed by atoms with Crippen LogP contribution in [-0.2, 0) is 31.9 Å². The number of benzene rings is 4. The van der Waals surface area contributed by atoms with E-state index in [-0.39, 0.29) is 37.6 Å². The molecule has 6 aromatic rings. The van der Waals surface area contributed by atoms with E-state index in [0.29, 0.717) is 11.4 Å². The van der Waals surface area contributed by atoms with Crippen LogP contribution in [0.15, 0.2) is 103 Å². The van der Waals surface area contributed by atoms with Gasteiger partial charge in [-0.05, 0) is 58.4 Å². The Hall–Kier alpha value is -4.01. The van der Waals surface area contributed by atoms with Crippen molar-refractivity contribution in [2.45, 2.75) is 52.4 Å². The normalized spacial score (nSPS) is 11.9. The SMILES string of the molecule is CC(C)(C)c1ccnc(-c2[c-]c(-c3cc(C(C)(C)C)cc4c3nc(-c3ccccc3O)n4-c3ccccc3)ccc2)c1.[Pt]. The van der Waals surface area contributed by atoms with E-state index < -0.39 is 0 Å². The van der Waals surface area contributed by atoms with E-state index in [1.165, 1.54) is 11.1 Å². The molecule has 220 valence electrons. The van der Waals surface area contributed by atoms with E-state index in [9.17, 15) is 5.11 Å². The minimum Gasteiger partial charge on any atom is -0.507 e. The summed E-state index contributed by atoms with van der Waals surface area (Å²) in [4.78, 5) is 9.94. The number of fused-ring (bicyclic) bond motifs is 1. The van der Waals surface area contributed by atoms with Crippen LogP contribution in [0.5, 0.6) is 5.75 Å². The molecule has 0 amide bonds. The summed E-state index contributed by atoms with van der Waals surface area (Å²) in [6.45, 7) is 13.3. The standard InChI is InChI=1S/C38H36N3O.Pt/c1-37(2,3)27-19-20-39-32(23-27)26-14-12-13-25(21-26)31-22-28(38(4,5)6)24-33-35(31)40-36(30-17-10-11-18-34(30)42)41(33)29-15-8-7-9-16-29;/h7-20,22-24,42H,1-6H3;/q-1;. The van der Waals surface area contributed by atoms with Gasteiger partial charge < -0.3 is 5.11 Å². The van der Waals surface area contributed by atoms with Gasteiger partial charge in [0.25, 0.3) is 0 Å². The van der Waals surface area contributed by atoms with E-state index in [0.717, 1.165) is 39.1 Å². The maximum absolute atomic E-state index is 10.9. The van der Waals surface area contributed by atoms with Crippen LogP contribution in [0.4, 0.5) is 0 Å². The summed E-state index contributed by atoms with van der Waals surface area (Å²) >= 11 is 0. The number of hydrogen-bond acceptors (Lipinski definition) is 3. The molecular formula is C38H36N3OPt-. The number of imidazole rings is 1. The zero-order chi connectivity index (χ0) is 29.6.